The number of carbonyl (C=O) groups excluding carboxylic acids is 1. The summed E-state index contributed by atoms with van der Waals surface area (Å²) < 4.78 is 5.35. The lowest BCUT2D eigenvalue weighted by Gasteiger charge is -2.34. The summed E-state index contributed by atoms with van der Waals surface area (Å²) in [6.45, 7) is 5.21. The topological polar surface area (TPSA) is 79.8 Å². The highest BCUT2D eigenvalue weighted by molar-refractivity contribution is 5.94. The highest BCUT2D eigenvalue weighted by Crippen LogP contribution is 2.20. The first-order chi connectivity index (χ1) is 11.5. The highest BCUT2D eigenvalue weighted by atomic mass is 16.6. The Morgan fingerprint density at radius 1 is 1.25 bits per heavy atom. The minimum Gasteiger partial charge on any atom is -0.468 e. The summed E-state index contributed by atoms with van der Waals surface area (Å²) >= 11 is 0. The van der Waals surface area contributed by atoms with Crippen LogP contribution in [0.4, 0.5) is 5.69 Å². The van der Waals surface area contributed by atoms with Gasteiger partial charge in [-0.3, -0.25) is 19.8 Å². The van der Waals surface area contributed by atoms with Gasteiger partial charge in [-0.25, -0.2) is 0 Å². The van der Waals surface area contributed by atoms with Gasteiger partial charge >= 0.3 is 0 Å². The molecule has 0 spiro atoms. The molecule has 1 fully saturated rings. The van der Waals surface area contributed by atoms with Crippen molar-refractivity contribution in [3.8, 4) is 0 Å². The van der Waals surface area contributed by atoms with Crippen LogP contribution in [-0.4, -0.2) is 46.8 Å². The first-order valence-electron chi connectivity index (χ1n) is 7.83. The molecule has 1 aliphatic rings. The van der Waals surface area contributed by atoms with E-state index in [9.17, 15) is 14.9 Å². The van der Waals surface area contributed by atoms with Gasteiger partial charge in [0.25, 0.3) is 11.6 Å². The molecule has 0 saturated carbocycles. The highest BCUT2D eigenvalue weighted by Gasteiger charge is 2.23. The molecule has 0 unspecified atom stereocenters. The maximum atomic E-state index is 12.6. The molecule has 0 N–H and O–H groups in total. The Morgan fingerprint density at radius 3 is 2.58 bits per heavy atom. The molecule has 3 rings (SSSR count). The average molecular weight is 329 g/mol. The Kier molecular flexibility index (Phi) is 4.61. The van der Waals surface area contributed by atoms with E-state index in [1.54, 1.807) is 24.2 Å². The number of rotatable bonds is 4. The molecule has 1 amide bonds. The maximum Gasteiger partial charge on any atom is 0.272 e. The van der Waals surface area contributed by atoms with Gasteiger partial charge in [0.2, 0.25) is 0 Å². The summed E-state index contributed by atoms with van der Waals surface area (Å²) in [6.07, 6.45) is 1.66. The molecule has 1 aromatic carbocycles. The monoisotopic (exact) mass is 329 g/mol. The second kappa shape index (κ2) is 6.84. The number of piperazine rings is 1. The number of furan rings is 1. The molecule has 2 heterocycles. The van der Waals surface area contributed by atoms with E-state index in [1.807, 2.05) is 12.1 Å². The third-order valence-electron chi connectivity index (χ3n) is 4.26. The number of nitro benzene ring substituents is 1. The van der Waals surface area contributed by atoms with E-state index in [-0.39, 0.29) is 11.6 Å². The van der Waals surface area contributed by atoms with E-state index < -0.39 is 4.92 Å². The molecule has 24 heavy (non-hydrogen) atoms. The minimum atomic E-state index is -0.434. The van der Waals surface area contributed by atoms with Crippen LogP contribution in [0.15, 0.2) is 41.0 Å². The number of nitro groups is 1. The van der Waals surface area contributed by atoms with E-state index in [4.69, 9.17) is 4.42 Å². The van der Waals surface area contributed by atoms with E-state index in [1.165, 1.54) is 12.1 Å². The van der Waals surface area contributed by atoms with Crippen LogP contribution in [-0.2, 0) is 6.54 Å². The molecule has 1 saturated heterocycles. The Bertz CT molecular complexity index is 734. The predicted molar refractivity (Wildman–Crippen MR) is 87.7 cm³/mol. The molecule has 126 valence electrons. The number of aryl methyl sites for hydroxylation is 1. The van der Waals surface area contributed by atoms with Crippen LogP contribution in [0.25, 0.3) is 0 Å². The van der Waals surface area contributed by atoms with E-state index in [0.717, 1.165) is 25.4 Å². The first kappa shape index (κ1) is 16.2. The van der Waals surface area contributed by atoms with Crippen molar-refractivity contribution >= 4 is 11.6 Å². The van der Waals surface area contributed by atoms with Crippen molar-refractivity contribution in [3.05, 3.63) is 63.6 Å². The zero-order valence-corrected chi connectivity index (χ0v) is 13.5. The number of hydrogen-bond donors (Lipinski definition) is 0. The van der Waals surface area contributed by atoms with Crippen LogP contribution in [0.1, 0.15) is 21.7 Å². The van der Waals surface area contributed by atoms with Gasteiger partial charge in [-0.05, 0) is 31.2 Å². The van der Waals surface area contributed by atoms with Crippen LogP contribution in [0.3, 0.4) is 0 Å². The number of benzene rings is 1. The smallest absolute Gasteiger partial charge is 0.272 e. The number of hydrogen-bond acceptors (Lipinski definition) is 5. The Labute approximate surface area is 139 Å². The SMILES string of the molecule is Cc1cc(C(=O)N2CCN(Cc3ccco3)CC2)ccc1[N+](=O)[O-]. The molecule has 1 aliphatic heterocycles. The fourth-order valence-electron chi connectivity index (χ4n) is 2.91. The summed E-state index contributed by atoms with van der Waals surface area (Å²) in [6, 6.07) is 8.33. The zero-order chi connectivity index (χ0) is 17.1. The maximum absolute atomic E-state index is 12.6. The zero-order valence-electron chi connectivity index (χ0n) is 13.5. The lowest BCUT2D eigenvalue weighted by Crippen LogP contribution is -2.48. The van der Waals surface area contributed by atoms with Gasteiger partial charge in [0.05, 0.1) is 17.7 Å². The van der Waals surface area contributed by atoms with Crippen molar-refractivity contribution in [1.82, 2.24) is 9.80 Å². The van der Waals surface area contributed by atoms with Gasteiger partial charge < -0.3 is 9.32 Å². The first-order valence-corrected chi connectivity index (χ1v) is 7.83. The summed E-state index contributed by atoms with van der Waals surface area (Å²) in [5.41, 5.74) is 1.04. The van der Waals surface area contributed by atoms with E-state index in [0.29, 0.717) is 24.2 Å². The quantitative estimate of drug-likeness (QED) is 0.636. The third-order valence-corrected chi connectivity index (χ3v) is 4.26. The second-order valence-electron chi connectivity index (χ2n) is 5.91. The van der Waals surface area contributed by atoms with Crippen molar-refractivity contribution < 1.29 is 14.1 Å². The van der Waals surface area contributed by atoms with Gasteiger partial charge in [0.1, 0.15) is 5.76 Å². The fraction of sp³-hybridized carbons (Fsp3) is 0.353. The molecule has 0 aliphatic carbocycles. The van der Waals surface area contributed by atoms with Crippen molar-refractivity contribution in [2.45, 2.75) is 13.5 Å². The van der Waals surface area contributed by atoms with E-state index >= 15 is 0 Å². The van der Waals surface area contributed by atoms with Crippen LogP contribution in [0, 0.1) is 17.0 Å². The molecule has 7 nitrogen and oxygen atoms in total. The molecule has 1 aromatic heterocycles. The van der Waals surface area contributed by atoms with Crippen LogP contribution in [0.2, 0.25) is 0 Å². The van der Waals surface area contributed by atoms with Gasteiger partial charge in [-0.15, -0.1) is 0 Å². The largest absolute Gasteiger partial charge is 0.468 e. The number of nitrogens with zero attached hydrogens (tertiary/aromatic N) is 3. The van der Waals surface area contributed by atoms with Gasteiger partial charge in [-0.2, -0.15) is 0 Å². The Balaban J connectivity index is 1.61. The molecular weight excluding hydrogens is 310 g/mol. The predicted octanol–water partition coefficient (Wildman–Crippen LogP) is 2.45. The normalized spacial score (nSPS) is 15.5. The van der Waals surface area contributed by atoms with Gasteiger partial charge in [0, 0.05) is 43.4 Å². The molecule has 0 bridgehead atoms. The second-order valence-corrected chi connectivity index (χ2v) is 5.91. The van der Waals surface area contributed by atoms with Crippen molar-refractivity contribution in [1.29, 1.82) is 0 Å². The molecule has 7 heteroatoms. The average Bonchev–Trinajstić information content (AvgIpc) is 3.07. The standard InChI is InChI=1S/C17H19N3O4/c1-13-11-14(4-5-16(13)20(22)23)17(21)19-8-6-18(7-9-19)12-15-3-2-10-24-15/h2-5,10-11H,6-9,12H2,1H3. The Hall–Kier alpha value is -2.67. The van der Waals surface area contributed by atoms with Crippen molar-refractivity contribution in [2.75, 3.05) is 26.2 Å². The van der Waals surface area contributed by atoms with Crippen LogP contribution < -0.4 is 0 Å². The molecule has 0 radical (unpaired) electrons. The lowest BCUT2D eigenvalue weighted by molar-refractivity contribution is -0.385. The summed E-state index contributed by atoms with van der Waals surface area (Å²) in [5, 5.41) is 10.9. The third kappa shape index (κ3) is 3.46. The van der Waals surface area contributed by atoms with Crippen molar-refractivity contribution in [3.63, 3.8) is 0 Å². The van der Waals surface area contributed by atoms with Gasteiger partial charge in [-0.1, -0.05) is 0 Å². The molecular formula is C17H19N3O4. The number of carbonyl (C=O) groups is 1. The van der Waals surface area contributed by atoms with E-state index in [2.05, 4.69) is 4.90 Å². The van der Waals surface area contributed by atoms with Crippen LogP contribution in [0.5, 0.6) is 0 Å². The molecule has 0 atom stereocenters. The Morgan fingerprint density at radius 2 is 2.00 bits per heavy atom. The van der Waals surface area contributed by atoms with Crippen LogP contribution >= 0.6 is 0 Å². The summed E-state index contributed by atoms with van der Waals surface area (Å²) in [4.78, 5) is 27.0. The summed E-state index contributed by atoms with van der Waals surface area (Å²) in [5.74, 6) is 0.839. The fourth-order valence-corrected chi connectivity index (χ4v) is 2.91. The van der Waals surface area contributed by atoms with Gasteiger partial charge in [0.15, 0.2) is 0 Å². The summed E-state index contributed by atoms with van der Waals surface area (Å²) in [7, 11) is 0. The number of amides is 1. The minimum absolute atomic E-state index is 0.0369. The molecule has 2 aromatic rings. The van der Waals surface area contributed by atoms with Crippen molar-refractivity contribution in [2.24, 2.45) is 0 Å². The lowest BCUT2D eigenvalue weighted by atomic mass is 10.1.